The van der Waals surface area contributed by atoms with Gasteiger partial charge in [0.1, 0.15) is 6.61 Å². The molecular formula is C22H27N3O3. The number of methoxy groups -OCH3 is 1. The lowest BCUT2D eigenvalue weighted by atomic mass is 10.0. The molecule has 0 N–H and O–H groups in total. The highest BCUT2D eigenvalue weighted by Crippen LogP contribution is 2.25. The lowest BCUT2D eigenvalue weighted by Crippen LogP contribution is -2.24. The summed E-state index contributed by atoms with van der Waals surface area (Å²) in [6.07, 6.45) is 0. The van der Waals surface area contributed by atoms with E-state index >= 15 is 0 Å². The summed E-state index contributed by atoms with van der Waals surface area (Å²) in [4.78, 5) is 6.59. The standard InChI is InChI=1S/C22H27N3O3/c1-16(2)17-9-11-18(12-10-17)22-23-21(28-24-22)15-25(3)13-14-27-20-8-6-5-7-19(20)26-4/h5-12,16H,13-15H2,1-4H3. The summed E-state index contributed by atoms with van der Waals surface area (Å²) in [5, 5.41) is 4.10. The smallest absolute Gasteiger partial charge is 0.241 e. The first-order valence-electron chi connectivity index (χ1n) is 9.44. The second kappa shape index (κ2) is 9.37. The van der Waals surface area contributed by atoms with E-state index in [0.717, 1.165) is 23.6 Å². The maximum atomic E-state index is 5.81. The van der Waals surface area contributed by atoms with E-state index in [2.05, 4.69) is 41.0 Å². The molecule has 1 aromatic heterocycles. The Kier molecular flexibility index (Phi) is 6.66. The molecule has 0 amide bonds. The van der Waals surface area contributed by atoms with Crippen molar-refractivity contribution < 1.29 is 14.0 Å². The van der Waals surface area contributed by atoms with Gasteiger partial charge in [0.25, 0.3) is 0 Å². The molecule has 0 bridgehead atoms. The summed E-state index contributed by atoms with van der Waals surface area (Å²) in [6, 6.07) is 15.9. The Morgan fingerprint density at radius 2 is 1.75 bits per heavy atom. The van der Waals surface area contributed by atoms with Gasteiger partial charge >= 0.3 is 0 Å². The van der Waals surface area contributed by atoms with Gasteiger partial charge in [-0.3, -0.25) is 4.90 Å². The van der Waals surface area contributed by atoms with Crippen molar-refractivity contribution in [3.05, 3.63) is 60.0 Å². The first kappa shape index (κ1) is 19.9. The van der Waals surface area contributed by atoms with Crippen LogP contribution >= 0.6 is 0 Å². The van der Waals surface area contributed by atoms with Crippen LogP contribution in [0.4, 0.5) is 0 Å². The SMILES string of the molecule is COc1ccccc1OCCN(C)Cc1nc(-c2ccc(C(C)C)cc2)no1. The third-order valence-corrected chi connectivity index (χ3v) is 4.51. The number of ether oxygens (including phenoxy) is 2. The summed E-state index contributed by atoms with van der Waals surface area (Å²) in [5.41, 5.74) is 2.25. The van der Waals surface area contributed by atoms with E-state index in [-0.39, 0.29) is 0 Å². The molecule has 6 nitrogen and oxygen atoms in total. The van der Waals surface area contributed by atoms with Gasteiger partial charge in [-0.25, -0.2) is 0 Å². The van der Waals surface area contributed by atoms with Crippen molar-refractivity contribution in [2.75, 3.05) is 27.3 Å². The van der Waals surface area contributed by atoms with Crippen LogP contribution in [0.3, 0.4) is 0 Å². The molecule has 3 aromatic rings. The maximum Gasteiger partial charge on any atom is 0.241 e. The fourth-order valence-electron chi connectivity index (χ4n) is 2.81. The molecule has 0 atom stereocenters. The second-order valence-corrected chi connectivity index (χ2v) is 7.03. The highest BCUT2D eigenvalue weighted by atomic mass is 16.5. The van der Waals surface area contributed by atoms with E-state index < -0.39 is 0 Å². The van der Waals surface area contributed by atoms with Gasteiger partial charge in [-0.2, -0.15) is 4.98 Å². The Labute approximate surface area is 166 Å². The lowest BCUT2D eigenvalue weighted by molar-refractivity contribution is 0.208. The predicted molar refractivity (Wildman–Crippen MR) is 109 cm³/mol. The van der Waals surface area contributed by atoms with Crippen LogP contribution in [0.5, 0.6) is 11.5 Å². The Hall–Kier alpha value is -2.86. The quantitative estimate of drug-likeness (QED) is 0.548. The summed E-state index contributed by atoms with van der Waals surface area (Å²) < 4.78 is 16.5. The molecule has 0 aliphatic rings. The molecule has 28 heavy (non-hydrogen) atoms. The first-order valence-corrected chi connectivity index (χ1v) is 9.44. The van der Waals surface area contributed by atoms with Crippen LogP contribution in [0.15, 0.2) is 53.1 Å². The maximum absolute atomic E-state index is 5.81. The monoisotopic (exact) mass is 381 g/mol. The first-order chi connectivity index (χ1) is 13.6. The van der Waals surface area contributed by atoms with Crippen LogP contribution in [-0.2, 0) is 6.54 Å². The zero-order valence-corrected chi connectivity index (χ0v) is 16.9. The average molecular weight is 381 g/mol. The van der Waals surface area contributed by atoms with Crippen molar-refractivity contribution in [1.82, 2.24) is 15.0 Å². The molecule has 0 radical (unpaired) electrons. The third kappa shape index (κ3) is 5.10. The molecular weight excluding hydrogens is 354 g/mol. The lowest BCUT2D eigenvalue weighted by Gasteiger charge is -2.15. The van der Waals surface area contributed by atoms with Crippen LogP contribution < -0.4 is 9.47 Å². The molecule has 148 valence electrons. The second-order valence-electron chi connectivity index (χ2n) is 7.03. The molecule has 0 aliphatic heterocycles. The fraction of sp³-hybridized carbons (Fsp3) is 0.364. The van der Waals surface area contributed by atoms with Crippen LogP contribution in [0, 0.1) is 0 Å². The normalized spacial score (nSPS) is 11.2. The van der Waals surface area contributed by atoms with Crippen LogP contribution in [0.1, 0.15) is 31.2 Å². The number of aromatic nitrogens is 2. The van der Waals surface area contributed by atoms with Crippen LogP contribution in [0.2, 0.25) is 0 Å². The highest BCUT2D eigenvalue weighted by molar-refractivity contribution is 5.54. The number of hydrogen-bond acceptors (Lipinski definition) is 6. The average Bonchev–Trinajstić information content (AvgIpc) is 3.16. The van der Waals surface area contributed by atoms with E-state index in [0.29, 0.717) is 30.8 Å². The molecule has 0 spiro atoms. The fourth-order valence-corrected chi connectivity index (χ4v) is 2.81. The van der Waals surface area contributed by atoms with Crippen LogP contribution in [-0.4, -0.2) is 42.3 Å². The summed E-state index contributed by atoms with van der Waals surface area (Å²) in [7, 11) is 3.63. The van der Waals surface area contributed by atoms with Crippen molar-refractivity contribution in [3.8, 4) is 22.9 Å². The van der Waals surface area contributed by atoms with Gasteiger partial charge in [0.05, 0.1) is 13.7 Å². The van der Waals surface area contributed by atoms with E-state index in [1.54, 1.807) is 7.11 Å². The molecule has 2 aromatic carbocycles. The zero-order chi connectivity index (χ0) is 19.9. The predicted octanol–water partition coefficient (Wildman–Crippen LogP) is 4.38. The summed E-state index contributed by atoms with van der Waals surface area (Å²) >= 11 is 0. The van der Waals surface area contributed by atoms with E-state index in [9.17, 15) is 0 Å². The minimum atomic E-state index is 0.501. The van der Waals surface area contributed by atoms with E-state index in [1.165, 1.54) is 5.56 Å². The Balaban J connectivity index is 1.51. The number of hydrogen-bond donors (Lipinski definition) is 0. The number of nitrogens with zero attached hydrogens (tertiary/aromatic N) is 3. The van der Waals surface area contributed by atoms with Crippen molar-refractivity contribution in [2.24, 2.45) is 0 Å². The molecule has 0 saturated carbocycles. The van der Waals surface area contributed by atoms with Gasteiger partial charge in [-0.15, -0.1) is 0 Å². The number of para-hydroxylation sites is 2. The molecule has 0 unspecified atom stereocenters. The molecule has 0 saturated heterocycles. The Morgan fingerprint density at radius 1 is 1.04 bits per heavy atom. The molecule has 0 aliphatic carbocycles. The molecule has 1 heterocycles. The molecule has 3 rings (SSSR count). The van der Waals surface area contributed by atoms with Gasteiger partial charge in [0.15, 0.2) is 11.5 Å². The number of likely N-dealkylation sites (N-methyl/N-ethyl adjacent to an activating group) is 1. The van der Waals surface area contributed by atoms with Gasteiger partial charge in [-0.1, -0.05) is 55.4 Å². The number of rotatable bonds is 9. The largest absolute Gasteiger partial charge is 0.493 e. The van der Waals surface area contributed by atoms with Crippen molar-refractivity contribution >= 4 is 0 Å². The number of benzene rings is 2. The summed E-state index contributed by atoms with van der Waals surface area (Å²) in [6.45, 7) is 6.17. The zero-order valence-electron chi connectivity index (χ0n) is 16.9. The topological polar surface area (TPSA) is 60.6 Å². The minimum absolute atomic E-state index is 0.501. The van der Waals surface area contributed by atoms with Crippen molar-refractivity contribution in [1.29, 1.82) is 0 Å². The third-order valence-electron chi connectivity index (χ3n) is 4.51. The van der Waals surface area contributed by atoms with Gasteiger partial charge in [-0.05, 0) is 30.7 Å². The van der Waals surface area contributed by atoms with E-state index in [4.69, 9.17) is 14.0 Å². The van der Waals surface area contributed by atoms with Crippen molar-refractivity contribution in [2.45, 2.75) is 26.3 Å². The van der Waals surface area contributed by atoms with Gasteiger partial charge in [0.2, 0.25) is 11.7 Å². The highest BCUT2D eigenvalue weighted by Gasteiger charge is 2.12. The summed E-state index contributed by atoms with van der Waals surface area (Å²) in [5.74, 6) is 3.17. The van der Waals surface area contributed by atoms with E-state index in [1.807, 2.05) is 43.4 Å². The minimum Gasteiger partial charge on any atom is -0.493 e. The van der Waals surface area contributed by atoms with Crippen molar-refractivity contribution in [3.63, 3.8) is 0 Å². The molecule has 0 fully saturated rings. The van der Waals surface area contributed by atoms with Crippen LogP contribution in [0.25, 0.3) is 11.4 Å². The van der Waals surface area contributed by atoms with Gasteiger partial charge < -0.3 is 14.0 Å². The Morgan fingerprint density at radius 3 is 2.43 bits per heavy atom. The Bertz CT molecular complexity index is 875. The van der Waals surface area contributed by atoms with Gasteiger partial charge in [0, 0.05) is 12.1 Å². The molecule has 6 heteroatoms.